The largest absolute Gasteiger partial charge is 0.355 e. The minimum Gasteiger partial charge on any atom is -0.355 e. The number of anilines is 1. The molecule has 2 aromatic rings. The summed E-state index contributed by atoms with van der Waals surface area (Å²) < 4.78 is 0. The van der Waals surface area contributed by atoms with Crippen LogP contribution < -0.4 is 16.0 Å². The van der Waals surface area contributed by atoms with E-state index in [4.69, 9.17) is 0 Å². The predicted octanol–water partition coefficient (Wildman–Crippen LogP) is 5.13. The van der Waals surface area contributed by atoms with Gasteiger partial charge in [-0.2, -0.15) is 0 Å². The van der Waals surface area contributed by atoms with Crippen LogP contribution in [0.5, 0.6) is 0 Å². The molecule has 38 heavy (non-hydrogen) atoms. The van der Waals surface area contributed by atoms with Gasteiger partial charge in [-0.25, -0.2) is 0 Å². The van der Waals surface area contributed by atoms with Gasteiger partial charge in [0.2, 0.25) is 23.6 Å². The zero-order valence-electron chi connectivity index (χ0n) is 22.6. The lowest BCUT2D eigenvalue weighted by atomic mass is 9.72. The predicted molar refractivity (Wildman–Crippen MR) is 150 cm³/mol. The third-order valence-electron chi connectivity index (χ3n) is 7.32. The van der Waals surface area contributed by atoms with Crippen LogP contribution in [0.15, 0.2) is 60.7 Å². The first-order valence-electron chi connectivity index (χ1n) is 13.6. The Bertz CT molecular complexity index is 1160. The van der Waals surface area contributed by atoms with E-state index in [1.54, 1.807) is 18.2 Å². The Hall–Kier alpha value is -3.74. The van der Waals surface area contributed by atoms with Crippen LogP contribution in [0.4, 0.5) is 5.69 Å². The lowest BCUT2D eigenvalue weighted by Crippen LogP contribution is -2.51. The molecule has 2 aromatic carbocycles. The molecule has 1 fully saturated rings. The van der Waals surface area contributed by atoms with Crippen molar-refractivity contribution in [1.82, 2.24) is 10.6 Å². The fourth-order valence-electron chi connectivity index (χ4n) is 4.85. The van der Waals surface area contributed by atoms with Crippen molar-refractivity contribution in [2.24, 2.45) is 5.92 Å². The van der Waals surface area contributed by atoms with Crippen molar-refractivity contribution >= 4 is 34.9 Å². The molecule has 7 heteroatoms. The standard InChI is InChI=1S/C31H39N3O4/c1-4-6-7-11-20-32-28(36)26(21-22(3)23-12-9-8-10-13-23)29(37)33-25-16-14-24(15-17-25)31(5-2)19-18-27(35)34-30(31)38/h8-10,12-17,21,26H,4-7,11,18-20H2,1-3H3,(H,32,36)(H,33,37)(H,34,35,38)/b22-21+. The Morgan fingerprint density at radius 1 is 0.974 bits per heavy atom. The molecule has 1 aliphatic heterocycles. The molecular weight excluding hydrogens is 478 g/mol. The topological polar surface area (TPSA) is 104 Å². The molecule has 0 spiro atoms. The fourth-order valence-corrected chi connectivity index (χ4v) is 4.85. The van der Waals surface area contributed by atoms with E-state index >= 15 is 0 Å². The van der Waals surface area contributed by atoms with Gasteiger partial charge in [-0.1, -0.05) is 81.7 Å². The molecule has 3 rings (SSSR count). The first-order valence-corrected chi connectivity index (χ1v) is 13.6. The number of imide groups is 1. The summed E-state index contributed by atoms with van der Waals surface area (Å²) in [6.45, 7) is 6.48. The average Bonchev–Trinajstić information content (AvgIpc) is 2.92. The second kappa shape index (κ2) is 13.7. The number of unbranched alkanes of at least 4 members (excludes halogenated alkanes) is 3. The Morgan fingerprint density at radius 2 is 1.68 bits per heavy atom. The minimum absolute atomic E-state index is 0.253. The van der Waals surface area contributed by atoms with Crippen molar-refractivity contribution in [1.29, 1.82) is 0 Å². The number of hydrogen-bond acceptors (Lipinski definition) is 4. The van der Waals surface area contributed by atoms with E-state index < -0.39 is 17.2 Å². The smallest absolute Gasteiger partial charge is 0.240 e. The van der Waals surface area contributed by atoms with Crippen LogP contribution in [0.1, 0.15) is 76.8 Å². The van der Waals surface area contributed by atoms with Gasteiger partial charge in [-0.05, 0) is 55.0 Å². The summed E-state index contributed by atoms with van der Waals surface area (Å²) in [6, 6.07) is 16.7. The molecule has 1 saturated heterocycles. The van der Waals surface area contributed by atoms with Gasteiger partial charge in [0, 0.05) is 18.7 Å². The Morgan fingerprint density at radius 3 is 2.32 bits per heavy atom. The molecule has 202 valence electrons. The zero-order valence-corrected chi connectivity index (χ0v) is 22.6. The first kappa shape index (κ1) is 28.8. The van der Waals surface area contributed by atoms with Crippen molar-refractivity contribution in [3.05, 3.63) is 71.8 Å². The van der Waals surface area contributed by atoms with Crippen molar-refractivity contribution in [2.75, 3.05) is 11.9 Å². The van der Waals surface area contributed by atoms with E-state index in [1.165, 1.54) is 0 Å². The van der Waals surface area contributed by atoms with Crippen molar-refractivity contribution in [3.8, 4) is 0 Å². The van der Waals surface area contributed by atoms with Crippen molar-refractivity contribution in [3.63, 3.8) is 0 Å². The Labute approximate surface area is 225 Å². The van der Waals surface area contributed by atoms with Gasteiger partial charge >= 0.3 is 0 Å². The second-order valence-corrected chi connectivity index (χ2v) is 9.92. The molecule has 1 aliphatic rings. The molecule has 0 bridgehead atoms. The molecule has 2 atom stereocenters. The molecule has 0 aromatic heterocycles. The molecule has 0 saturated carbocycles. The third kappa shape index (κ3) is 7.18. The normalized spacial score (nSPS) is 18.4. The van der Waals surface area contributed by atoms with Crippen LogP contribution in [-0.2, 0) is 24.6 Å². The minimum atomic E-state index is -1.00. The maximum Gasteiger partial charge on any atom is 0.240 e. The number of allylic oxidation sites excluding steroid dienone is 1. The van der Waals surface area contributed by atoms with Gasteiger partial charge in [-0.3, -0.25) is 24.5 Å². The maximum atomic E-state index is 13.3. The summed E-state index contributed by atoms with van der Waals surface area (Å²) in [7, 11) is 0. The third-order valence-corrected chi connectivity index (χ3v) is 7.32. The average molecular weight is 518 g/mol. The number of carbonyl (C=O) groups excluding carboxylic acids is 4. The number of nitrogens with one attached hydrogen (secondary N) is 3. The van der Waals surface area contributed by atoms with Gasteiger partial charge < -0.3 is 10.6 Å². The molecule has 2 unspecified atom stereocenters. The first-order chi connectivity index (χ1) is 18.3. The van der Waals surface area contributed by atoms with Crippen LogP contribution in [-0.4, -0.2) is 30.2 Å². The van der Waals surface area contributed by atoms with Gasteiger partial charge in [0.05, 0.1) is 5.41 Å². The molecule has 4 amide bonds. The highest BCUT2D eigenvalue weighted by Gasteiger charge is 2.42. The van der Waals surface area contributed by atoms with Crippen molar-refractivity contribution < 1.29 is 19.2 Å². The SMILES string of the molecule is CCCCCCNC(=O)C(/C=C(\C)c1ccccc1)C(=O)Nc1ccc(C2(CC)CCC(=O)NC2=O)cc1. The fraction of sp³-hybridized carbons (Fsp3) is 0.419. The van der Waals surface area contributed by atoms with E-state index in [1.807, 2.05) is 56.3 Å². The van der Waals surface area contributed by atoms with Crippen LogP contribution in [0, 0.1) is 5.92 Å². The lowest BCUT2D eigenvalue weighted by molar-refractivity contribution is -0.138. The Kier molecular flexibility index (Phi) is 10.4. The highest BCUT2D eigenvalue weighted by atomic mass is 16.2. The van der Waals surface area contributed by atoms with Crippen LogP contribution in [0.2, 0.25) is 0 Å². The monoisotopic (exact) mass is 517 g/mol. The molecule has 3 N–H and O–H groups in total. The van der Waals surface area contributed by atoms with Gasteiger partial charge in [-0.15, -0.1) is 0 Å². The van der Waals surface area contributed by atoms with Crippen LogP contribution >= 0.6 is 0 Å². The quantitative estimate of drug-likeness (QED) is 0.206. The number of amides is 4. The highest BCUT2D eigenvalue weighted by molar-refractivity contribution is 6.09. The summed E-state index contributed by atoms with van der Waals surface area (Å²) >= 11 is 0. The van der Waals surface area contributed by atoms with Gasteiger partial charge in [0.1, 0.15) is 5.92 Å². The summed E-state index contributed by atoms with van der Waals surface area (Å²) in [5.74, 6) is -2.30. The molecular formula is C31H39N3O4. The lowest BCUT2D eigenvalue weighted by Gasteiger charge is -2.35. The van der Waals surface area contributed by atoms with E-state index in [0.29, 0.717) is 31.5 Å². The van der Waals surface area contributed by atoms with Gasteiger partial charge in [0.25, 0.3) is 0 Å². The zero-order chi connectivity index (χ0) is 27.5. The maximum absolute atomic E-state index is 13.3. The van der Waals surface area contributed by atoms with E-state index in [0.717, 1.165) is 42.4 Å². The summed E-state index contributed by atoms with van der Waals surface area (Å²) in [5, 5.41) is 8.25. The number of benzene rings is 2. The van der Waals surface area contributed by atoms with E-state index in [9.17, 15) is 19.2 Å². The number of carbonyl (C=O) groups is 4. The summed E-state index contributed by atoms with van der Waals surface area (Å²) in [4.78, 5) is 50.8. The summed E-state index contributed by atoms with van der Waals surface area (Å²) in [5.41, 5.74) is 2.34. The highest BCUT2D eigenvalue weighted by Crippen LogP contribution is 2.36. The van der Waals surface area contributed by atoms with E-state index in [2.05, 4.69) is 22.9 Å². The molecule has 0 aliphatic carbocycles. The van der Waals surface area contributed by atoms with E-state index in [-0.39, 0.29) is 17.7 Å². The molecule has 7 nitrogen and oxygen atoms in total. The Balaban J connectivity index is 1.77. The van der Waals surface area contributed by atoms with Gasteiger partial charge in [0.15, 0.2) is 0 Å². The number of hydrogen-bond donors (Lipinski definition) is 3. The van der Waals surface area contributed by atoms with Crippen molar-refractivity contribution in [2.45, 2.75) is 71.1 Å². The second-order valence-electron chi connectivity index (χ2n) is 9.92. The van der Waals surface area contributed by atoms with Crippen LogP contribution in [0.3, 0.4) is 0 Å². The molecule has 0 radical (unpaired) electrons. The number of rotatable bonds is 12. The van der Waals surface area contributed by atoms with Crippen LogP contribution in [0.25, 0.3) is 5.57 Å². The number of piperidine rings is 1. The summed E-state index contributed by atoms with van der Waals surface area (Å²) in [6.07, 6.45) is 7.13. The molecule has 1 heterocycles.